The summed E-state index contributed by atoms with van der Waals surface area (Å²) >= 11 is 0. The Kier molecular flexibility index (Phi) is 4.35. The number of fused-ring (bicyclic) bond motifs is 2. The van der Waals surface area contributed by atoms with Crippen molar-refractivity contribution in [2.75, 3.05) is 11.9 Å². The van der Waals surface area contributed by atoms with Gasteiger partial charge in [0.2, 0.25) is 5.95 Å². The van der Waals surface area contributed by atoms with E-state index in [1.165, 1.54) is 11.1 Å². The molecule has 3 aliphatic rings. The number of benzene rings is 1. The lowest BCUT2D eigenvalue weighted by molar-refractivity contribution is 0.559. The van der Waals surface area contributed by atoms with Crippen molar-refractivity contribution in [2.45, 2.75) is 50.1 Å². The highest BCUT2D eigenvalue weighted by molar-refractivity contribution is 5.77. The Labute approximate surface area is 201 Å². The van der Waals surface area contributed by atoms with Crippen molar-refractivity contribution >= 4 is 22.7 Å². The van der Waals surface area contributed by atoms with Gasteiger partial charge in [0, 0.05) is 24.6 Å². The van der Waals surface area contributed by atoms with Crippen molar-refractivity contribution in [1.29, 1.82) is 5.26 Å². The molecule has 0 unspecified atom stereocenters. The van der Waals surface area contributed by atoms with E-state index in [-0.39, 0.29) is 11.6 Å². The summed E-state index contributed by atoms with van der Waals surface area (Å²) in [5.74, 6) is 0.443. The fourth-order valence-corrected chi connectivity index (χ4v) is 5.00. The quantitative estimate of drug-likeness (QED) is 0.466. The van der Waals surface area contributed by atoms with E-state index in [2.05, 4.69) is 38.8 Å². The number of nitrogens with one attached hydrogen (secondary N) is 2. The summed E-state index contributed by atoms with van der Waals surface area (Å²) < 4.78 is 3.68. The zero-order valence-corrected chi connectivity index (χ0v) is 19.2. The van der Waals surface area contributed by atoms with Gasteiger partial charge in [-0.15, -0.1) is 0 Å². The SMILES string of the molecule is N#CC1(c2cc(-n3c4nc(Nc5ccc6c(c5)CCNC6)ncc4c(=O)n3C3CC3)ccn2)CC1. The number of hydrogen-bond acceptors (Lipinski definition) is 7. The van der Waals surface area contributed by atoms with Crippen LogP contribution in [0.3, 0.4) is 0 Å². The van der Waals surface area contributed by atoms with Crippen molar-refractivity contribution in [1.82, 2.24) is 29.6 Å². The van der Waals surface area contributed by atoms with Crippen LogP contribution in [0, 0.1) is 11.3 Å². The number of aromatic nitrogens is 5. The number of nitrogens with zero attached hydrogens (tertiary/aromatic N) is 6. The Bertz CT molecular complexity index is 1590. The van der Waals surface area contributed by atoms with Crippen LogP contribution in [0.5, 0.6) is 0 Å². The third-order valence-electron chi connectivity index (χ3n) is 7.31. The molecule has 1 aromatic carbocycles. The first-order chi connectivity index (χ1) is 17.1. The third-order valence-corrected chi connectivity index (χ3v) is 7.31. The van der Waals surface area contributed by atoms with Crippen LogP contribution in [0.4, 0.5) is 11.6 Å². The number of hydrogen-bond donors (Lipinski definition) is 2. The molecule has 3 aromatic heterocycles. The molecule has 0 spiro atoms. The van der Waals surface area contributed by atoms with E-state index >= 15 is 0 Å². The Morgan fingerprint density at radius 3 is 2.83 bits per heavy atom. The van der Waals surface area contributed by atoms with Gasteiger partial charge in [-0.2, -0.15) is 10.2 Å². The predicted octanol–water partition coefficient (Wildman–Crippen LogP) is 3.26. The van der Waals surface area contributed by atoms with Crippen LogP contribution in [0.15, 0.2) is 47.5 Å². The second-order valence-corrected chi connectivity index (χ2v) is 9.75. The average molecular weight is 465 g/mol. The minimum absolute atomic E-state index is 0.0879. The van der Waals surface area contributed by atoms with Gasteiger partial charge in [-0.25, -0.2) is 14.3 Å². The van der Waals surface area contributed by atoms with Crippen LogP contribution >= 0.6 is 0 Å². The summed E-state index contributed by atoms with van der Waals surface area (Å²) in [6, 6.07) is 12.7. The lowest BCUT2D eigenvalue weighted by atomic mass is 10.0. The van der Waals surface area contributed by atoms with Crippen molar-refractivity contribution in [3.63, 3.8) is 0 Å². The molecule has 0 radical (unpaired) electrons. The Balaban J connectivity index is 1.34. The Hall–Kier alpha value is -4.03. The van der Waals surface area contributed by atoms with Crippen LogP contribution < -0.4 is 16.2 Å². The van der Waals surface area contributed by atoms with Gasteiger partial charge in [0.25, 0.3) is 5.56 Å². The molecule has 9 nitrogen and oxygen atoms in total. The number of rotatable bonds is 5. The van der Waals surface area contributed by atoms with Crippen LogP contribution in [0.25, 0.3) is 16.7 Å². The molecule has 9 heteroatoms. The summed E-state index contributed by atoms with van der Waals surface area (Å²) in [6.07, 6.45) is 7.87. The molecule has 2 fully saturated rings. The molecule has 4 aromatic rings. The molecule has 174 valence electrons. The summed E-state index contributed by atoms with van der Waals surface area (Å²) in [4.78, 5) is 27.1. The average Bonchev–Trinajstić information content (AvgIpc) is 3.82. The highest BCUT2D eigenvalue weighted by Crippen LogP contribution is 2.47. The molecular formula is C26H24N8O. The molecule has 1 aliphatic heterocycles. The summed E-state index contributed by atoms with van der Waals surface area (Å²) in [7, 11) is 0. The van der Waals surface area contributed by atoms with Crippen molar-refractivity contribution in [2.24, 2.45) is 0 Å². The zero-order valence-electron chi connectivity index (χ0n) is 19.2. The first kappa shape index (κ1) is 20.4. The molecule has 35 heavy (non-hydrogen) atoms. The van der Waals surface area contributed by atoms with E-state index in [9.17, 15) is 10.1 Å². The predicted molar refractivity (Wildman–Crippen MR) is 131 cm³/mol. The van der Waals surface area contributed by atoms with Crippen LogP contribution in [-0.2, 0) is 18.4 Å². The summed E-state index contributed by atoms with van der Waals surface area (Å²) in [5, 5.41) is 16.9. The van der Waals surface area contributed by atoms with Gasteiger partial charge in [0.1, 0.15) is 5.39 Å². The standard InChI is InChI=1S/C26H24N8O/c27-15-26(7-8-26)22-12-20(6-10-29-22)33-23-21(24(35)34(33)19-3-4-19)14-30-25(32-23)31-18-2-1-17-13-28-9-5-16(17)11-18/h1-2,6,10-12,14,19,28H,3-5,7-9,13H2,(H,30,31,32). The number of pyridine rings is 1. The fourth-order valence-electron chi connectivity index (χ4n) is 5.00. The molecule has 0 amide bonds. The van der Waals surface area contributed by atoms with Crippen LogP contribution in [0.1, 0.15) is 48.5 Å². The Morgan fingerprint density at radius 2 is 2.03 bits per heavy atom. The van der Waals surface area contributed by atoms with Crippen LogP contribution in [-0.4, -0.2) is 30.9 Å². The molecule has 0 atom stereocenters. The molecular weight excluding hydrogens is 440 g/mol. The van der Waals surface area contributed by atoms with Gasteiger partial charge in [-0.05, 0) is 74.0 Å². The minimum atomic E-state index is -0.507. The van der Waals surface area contributed by atoms with Gasteiger partial charge in [0.05, 0.1) is 28.9 Å². The molecule has 7 rings (SSSR count). The van der Waals surface area contributed by atoms with Crippen molar-refractivity contribution in [3.05, 3.63) is 69.9 Å². The van der Waals surface area contributed by atoms with Gasteiger partial charge in [-0.1, -0.05) is 6.07 Å². The summed E-state index contributed by atoms with van der Waals surface area (Å²) in [6.45, 7) is 1.86. The first-order valence-corrected chi connectivity index (χ1v) is 12.1. The first-order valence-electron chi connectivity index (χ1n) is 12.1. The van der Waals surface area contributed by atoms with E-state index in [0.29, 0.717) is 17.0 Å². The van der Waals surface area contributed by atoms with E-state index in [1.807, 2.05) is 22.9 Å². The fraction of sp³-hybridized carbons (Fsp3) is 0.346. The minimum Gasteiger partial charge on any atom is -0.324 e. The van der Waals surface area contributed by atoms with Gasteiger partial charge in [0.15, 0.2) is 5.65 Å². The summed E-state index contributed by atoms with van der Waals surface area (Å²) in [5.41, 5.74) is 5.07. The monoisotopic (exact) mass is 464 g/mol. The molecule has 4 heterocycles. The molecule has 0 saturated heterocycles. The Morgan fingerprint density at radius 1 is 1.14 bits per heavy atom. The molecule has 2 N–H and O–H groups in total. The second-order valence-electron chi connectivity index (χ2n) is 9.75. The lowest BCUT2D eigenvalue weighted by Gasteiger charge is -2.18. The third kappa shape index (κ3) is 3.33. The van der Waals surface area contributed by atoms with E-state index in [0.717, 1.165) is 62.3 Å². The number of nitriles is 1. The highest BCUT2D eigenvalue weighted by Gasteiger charge is 2.46. The van der Waals surface area contributed by atoms with Crippen LogP contribution in [0.2, 0.25) is 0 Å². The van der Waals surface area contributed by atoms with E-state index < -0.39 is 5.41 Å². The van der Waals surface area contributed by atoms with Gasteiger partial charge >= 0.3 is 0 Å². The van der Waals surface area contributed by atoms with Crippen molar-refractivity contribution in [3.8, 4) is 11.8 Å². The maximum absolute atomic E-state index is 13.4. The van der Waals surface area contributed by atoms with Gasteiger partial charge < -0.3 is 10.6 Å². The topological polar surface area (TPSA) is 113 Å². The highest BCUT2D eigenvalue weighted by atomic mass is 16.1. The molecule has 0 bridgehead atoms. The number of anilines is 2. The largest absolute Gasteiger partial charge is 0.324 e. The normalized spacial score (nSPS) is 18.1. The lowest BCUT2D eigenvalue weighted by Crippen LogP contribution is -2.23. The van der Waals surface area contributed by atoms with Crippen molar-refractivity contribution < 1.29 is 0 Å². The second kappa shape index (κ2) is 7.48. The van der Waals surface area contributed by atoms with E-state index in [4.69, 9.17) is 4.98 Å². The van der Waals surface area contributed by atoms with E-state index in [1.54, 1.807) is 17.1 Å². The smallest absolute Gasteiger partial charge is 0.278 e. The molecule has 2 saturated carbocycles. The van der Waals surface area contributed by atoms with Gasteiger partial charge in [-0.3, -0.25) is 9.78 Å². The molecule has 2 aliphatic carbocycles. The zero-order chi connectivity index (χ0) is 23.6. The maximum Gasteiger partial charge on any atom is 0.278 e. The maximum atomic E-state index is 13.4.